The van der Waals surface area contributed by atoms with Gasteiger partial charge in [0.15, 0.2) is 0 Å². The molecule has 1 radical (unpaired) electrons. The van der Waals surface area contributed by atoms with Gasteiger partial charge in [-0.05, 0) is 0 Å². The Morgan fingerprint density at radius 3 is 1.00 bits per heavy atom. The van der Waals surface area contributed by atoms with E-state index >= 15 is 0 Å². The van der Waals surface area contributed by atoms with Crippen molar-refractivity contribution in [3.63, 3.8) is 0 Å². The first-order chi connectivity index (χ1) is 2.00. The number of hydrogen-bond donors (Lipinski definition) is 0. The topological polar surface area (TPSA) is 47.6 Å². The molecule has 4 heteroatoms. The Bertz CT molecular complexity index is 31.2. The zero-order chi connectivity index (χ0) is 4.00. The number of rotatable bonds is 0. The van der Waals surface area contributed by atoms with E-state index in [1.165, 1.54) is 0 Å². The molecule has 0 aliphatic rings. The first kappa shape index (κ1) is 26.4. The average molecular weight is 289 g/mol. The summed E-state index contributed by atoms with van der Waals surface area (Å²) in [6.45, 7) is 9.50. The van der Waals surface area contributed by atoms with Crippen molar-refractivity contribution in [1.29, 1.82) is 10.5 Å². The summed E-state index contributed by atoms with van der Waals surface area (Å²) in [4.78, 5) is 0. The molecule has 0 aliphatic heterocycles. The largest absolute Gasteiger partial charge is 1.00 e. The predicted octanol–water partition coefficient (Wildman–Crippen LogP) is -2.69. The van der Waals surface area contributed by atoms with Crippen LogP contribution in [-0.4, -0.2) is 0 Å². The molecule has 0 heterocycles. The fourth-order valence-electron chi connectivity index (χ4n) is 0. The Hall–Kier alpha value is 1.36. The van der Waals surface area contributed by atoms with Crippen LogP contribution in [0.5, 0.6) is 0 Å². The molecule has 0 aromatic heterocycles. The monoisotopic (exact) mass is 289 g/mol. The van der Waals surface area contributed by atoms with Crippen molar-refractivity contribution < 1.29 is 75.2 Å². The van der Waals surface area contributed by atoms with Crippen molar-refractivity contribution in [3.8, 4) is 0 Å². The Morgan fingerprint density at radius 1 is 1.00 bits per heavy atom. The van der Waals surface area contributed by atoms with Crippen molar-refractivity contribution in [2.24, 2.45) is 0 Å². The van der Waals surface area contributed by atoms with E-state index in [9.17, 15) is 0 Å². The van der Waals surface area contributed by atoms with Crippen LogP contribution >= 0.6 is 0 Å². The van der Waals surface area contributed by atoms with Gasteiger partial charge < -0.3 is 25.1 Å². The van der Waals surface area contributed by atoms with Crippen molar-refractivity contribution in [1.82, 2.24) is 0 Å². The Balaban J connectivity index is -0.00000000267. The molecule has 0 bridgehead atoms. The van der Waals surface area contributed by atoms with Crippen molar-refractivity contribution in [3.05, 3.63) is 13.1 Å². The molecule has 6 heavy (non-hydrogen) atoms. The molecule has 0 aromatic rings. The number of nitrogens with zero attached hydrogens (tertiary/aromatic N) is 2. The molecule has 0 spiro atoms. The zero-order valence-corrected chi connectivity index (χ0v) is 8.49. The minimum atomic E-state index is 0. The van der Waals surface area contributed by atoms with Crippen molar-refractivity contribution in [2.45, 2.75) is 0 Å². The smallest absolute Gasteiger partial charge is 1.00 e. The van der Waals surface area contributed by atoms with Gasteiger partial charge in [0.1, 0.15) is 0 Å². The Labute approximate surface area is 96.9 Å². The quantitative estimate of drug-likeness (QED) is 0.360. The Kier molecular flexibility index (Phi) is 436. The SMILES string of the molecule is [Au].[C-]#N.[C-]#N.[H-].[K+]. The maximum absolute atomic E-state index is 6.25. The van der Waals surface area contributed by atoms with Gasteiger partial charge in [0.2, 0.25) is 0 Å². The molecule has 0 unspecified atom stereocenters. The maximum Gasteiger partial charge on any atom is 1.00 e. The van der Waals surface area contributed by atoms with E-state index < -0.39 is 0 Å². The molecule has 0 atom stereocenters. The average Bonchev–Trinajstić information content (AvgIpc) is 1.50. The van der Waals surface area contributed by atoms with Gasteiger partial charge in [0, 0.05) is 22.4 Å². The van der Waals surface area contributed by atoms with E-state index in [2.05, 4.69) is 0 Å². The van der Waals surface area contributed by atoms with Gasteiger partial charge in [-0.1, -0.05) is 0 Å². The van der Waals surface area contributed by atoms with Crippen molar-refractivity contribution >= 4 is 0 Å². The second-order valence-electron chi connectivity index (χ2n) is 0. The molecular formula is C2HAuKN2-2. The Morgan fingerprint density at radius 2 is 1.00 bits per heavy atom. The molecule has 0 saturated carbocycles. The molecule has 33 valence electrons. The minimum Gasteiger partial charge on any atom is -1.00 e. The summed E-state index contributed by atoms with van der Waals surface area (Å²) in [5.41, 5.74) is 0. The molecule has 0 saturated heterocycles. The van der Waals surface area contributed by atoms with Gasteiger partial charge >= 0.3 is 51.4 Å². The number of hydrogen-bond acceptors (Lipinski definition) is 2. The second-order valence-corrected chi connectivity index (χ2v) is 0. The van der Waals surface area contributed by atoms with Gasteiger partial charge in [0.25, 0.3) is 0 Å². The summed E-state index contributed by atoms with van der Waals surface area (Å²) in [5, 5.41) is 12.5. The first-order valence-corrected chi connectivity index (χ1v) is 0.447. The van der Waals surface area contributed by atoms with Crippen molar-refractivity contribution in [2.75, 3.05) is 0 Å². The normalized spacial score (nSPS) is 0.667. The first-order valence-electron chi connectivity index (χ1n) is 0.447. The third-order valence-corrected chi connectivity index (χ3v) is 0. The van der Waals surface area contributed by atoms with Crippen LogP contribution in [0.15, 0.2) is 0 Å². The summed E-state index contributed by atoms with van der Waals surface area (Å²) >= 11 is 0. The summed E-state index contributed by atoms with van der Waals surface area (Å²) in [7, 11) is 0. The maximum atomic E-state index is 6.25. The van der Waals surface area contributed by atoms with Gasteiger partial charge in [0.05, 0.1) is 0 Å². The van der Waals surface area contributed by atoms with Gasteiger partial charge in [-0.3, -0.25) is 0 Å². The van der Waals surface area contributed by atoms with Crippen LogP contribution in [-0.2, 0) is 22.4 Å². The van der Waals surface area contributed by atoms with E-state index in [4.69, 9.17) is 23.7 Å². The minimum absolute atomic E-state index is 0. The molecule has 0 aromatic carbocycles. The molecule has 0 aliphatic carbocycles. The van der Waals surface area contributed by atoms with E-state index in [1.54, 1.807) is 0 Å². The van der Waals surface area contributed by atoms with Crippen LogP contribution in [0.3, 0.4) is 0 Å². The second kappa shape index (κ2) is 99.1. The van der Waals surface area contributed by atoms with Crippen LogP contribution < -0.4 is 51.4 Å². The molecule has 2 nitrogen and oxygen atoms in total. The van der Waals surface area contributed by atoms with Crippen LogP contribution in [0, 0.1) is 23.7 Å². The van der Waals surface area contributed by atoms with Crippen LogP contribution in [0.25, 0.3) is 0 Å². The van der Waals surface area contributed by atoms with Crippen LogP contribution in [0.2, 0.25) is 0 Å². The van der Waals surface area contributed by atoms with Crippen LogP contribution in [0.4, 0.5) is 0 Å². The summed E-state index contributed by atoms with van der Waals surface area (Å²) in [6, 6.07) is 0. The van der Waals surface area contributed by atoms with E-state index in [0.29, 0.717) is 0 Å². The summed E-state index contributed by atoms with van der Waals surface area (Å²) < 4.78 is 0. The van der Waals surface area contributed by atoms with Gasteiger partial charge in [-0.15, -0.1) is 0 Å². The van der Waals surface area contributed by atoms with E-state index in [0.717, 1.165) is 0 Å². The zero-order valence-electron chi connectivity index (χ0n) is 4.20. The molecular weight excluding hydrogens is 288 g/mol. The van der Waals surface area contributed by atoms with Gasteiger partial charge in [-0.2, -0.15) is 0 Å². The standard InChI is InChI=1S/2CN.Au.K.H/c2*1-2;;;/q2*-1;;+1;-1. The van der Waals surface area contributed by atoms with E-state index in [1.807, 2.05) is 0 Å². The van der Waals surface area contributed by atoms with Gasteiger partial charge in [-0.25, -0.2) is 0 Å². The van der Waals surface area contributed by atoms with E-state index in [-0.39, 0.29) is 75.2 Å². The molecule has 0 N–H and O–H groups in total. The molecule has 0 rings (SSSR count). The summed E-state index contributed by atoms with van der Waals surface area (Å²) in [6.07, 6.45) is 0. The molecule has 0 amide bonds. The summed E-state index contributed by atoms with van der Waals surface area (Å²) in [5.74, 6) is 0. The third kappa shape index (κ3) is 55.2. The fraction of sp³-hybridized carbons (Fsp3) is 0. The van der Waals surface area contributed by atoms with Crippen LogP contribution in [0.1, 0.15) is 1.43 Å². The predicted molar refractivity (Wildman–Crippen MR) is 11.0 cm³/mol. The molecule has 0 fully saturated rings. The fourth-order valence-corrected chi connectivity index (χ4v) is 0. The third-order valence-electron chi connectivity index (χ3n) is 0.